The van der Waals surface area contributed by atoms with Crippen molar-refractivity contribution in [2.45, 2.75) is 44.6 Å². The van der Waals surface area contributed by atoms with Gasteiger partial charge in [0.15, 0.2) is 5.13 Å². The van der Waals surface area contributed by atoms with Crippen LogP contribution in [-0.2, 0) is 4.79 Å². The summed E-state index contributed by atoms with van der Waals surface area (Å²) in [5, 5.41) is 5.51. The van der Waals surface area contributed by atoms with Crippen molar-refractivity contribution in [2.75, 3.05) is 5.32 Å². The molecule has 0 aliphatic heterocycles. The Hall–Kier alpha value is -1.24. The largest absolute Gasteiger partial charge is 0.317 e. The first-order chi connectivity index (χ1) is 10.1. The summed E-state index contributed by atoms with van der Waals surface area (Å²) in [5.41, 5.74) is 6.44. The molecule has 1 aliphatic rings. The van der Waals surface area contributed by atoms with Gasteiger partial charge in [0.1, 0.15) is 0 Å². The number of nitrogens with zero attached hydrogens (tertiary/aromatic N) is 1. The molecule has 3 N–H and O–H groups in total. The summed E-state index contributed by atoms with van der Waals surface area (Å²) >= 11 is 3.16. The summed E-state index contributed by atoms with van der Waals surface area (Å²) in [6.07, 6.45) is 4.76. The fourth-order valence-electron chi connectivity index (χ4n) is 2.65. The van der Waals surface area contributed by atoms with Gasteiger partial charge in [-0.25, -0.2) is 4.98 Å². The van der Waals surface area contributed by atoms with Crippen molar-refractivity contribution < 1.29 is 4.79 Å². The molecule has 0 unspecified atom stereocenters. The highest BCUT2D eigenvalue weighted by atomic mass is 32.1. The van der Waals surface area contributed by atoms with E-state index in [2.05, 4.69) is 29.4 Å². The molecule has 2 aromatic heterocycles. The van der Waals surface area contributed by atoms with E-state index in [1.165, 1.54) is 22.6 Å². The van der Waals surface area contributed by atoms with Crippen LogP contribution in [0.1, 0.15) is 37.0 Å². The lowest BCUT2D eigenvalue weighted by atomic mass is 9.82. The number of thiophene rings is 1. The number of hydrogen-bond acceptors (Lipinski definition) is 5. The highest BCUT2D eigenvalue weighted by Gasteiger charge is 2.35. The molecule has 0 atom stereocenters. The van der Waals surface area contributed by atoms with Gasteiger partial charge in [0, 0.05) is 10.3 Å². The van der Waals surface area contributed by atoms with Crippen molar-refractivity contribution in [2.24, 2.45) is 5.73 Å². The Morgan fingerprint density at radius 1 is 1.33 bits per heavy atom. The number of nitrogens with one attached hydrogen (secondary N) is 1. The second kappa shape index (κ2) is 5.87. The van der Waals surface area contributed by atoms with Crippen molar-refractivity contribution in [1.29, 1.82) is 0 Å². The lowest BCUT2D eigenvalue weighted by Gasteiger charge is -2.31. The molecular formula is C15H19N3OS2. The summed E-state index contributed by atoms with van der Waals surface area (Å²) in [5.74, 6) is -0.0922. The number of nitrogens with two attached hydrogens (primary N) is 1. The molecular weight excluding hydrogens is 302 g/mol. The van der Waals surface area contributed by atoms with Gasteiger partial charge in [0.05, 0.1) is 16.1 Å². The highest BCUT2D eigenvalue weighted by molar-refractivity contribution is 7.17. The minimum atomic E-state index is -0.719. The van der Waals surface area contributed by atoms with Crippen LogP contribution < -0.4 is 11.1 Å². The molecule has 0 bridgehead atoms. The van der Waals surface area contributed by atoms with E-state index in [4.69, 9.17) is 5.73 Å². The average Bonchev–Trinajstić information content (AvgIpc) is 3.08. The van der Waals surface area contributed by atoms with Crippen LogP contribution in [0.2, 0.25) is 0 Å². The highest BCUT2D eigenvalue weighted by Crippen LogP contribution is 2.32. The molecule has 112 valence electrons. The minimum Gasteiger partial charge on any atom is -0.317 e. The van der Waals surface area contributed by atoms with Crippen LogP contribution in [0.25, 0.3) is 10.6 Å². The number of amides is 1. The zero-order valence-electron chi connectivity index (χ0n) is 12.0. The summed E-state index contributed by atoms with van der Waals surface area (Å²) in [6, 6.07) is 4.14. The summed E-state index contributed by atoms with van der Waals surface area (Å²) in [6.45, 7) is 2.07. The molecule has 1 fully saturated rings. The third-order valence-electron chi connectivity index (χ3n) is 3.92. The molecule has 0 aromatic carbocycles. The van der Waals surface area contributed by atoms with E-state index in [1.807, 2.05) is 5.38 Å². The van der Waals surface area contributed by atoms with E-state index in [0.29, 0.717) is 5.13 Å². The van der Waals surface area contributed by atoms with Gasteiger partial charge in [-0.15, -0.1) is 22.7 Å². The second-order valence-corrected chi connectivity index (χ2v) is 7.77. The van der Waals surface area contributed by atoms with E-state index < -0.39 is 5.54 Å². The molecule has 0 radical (unpaired) electrons. The van der Waals surface area contributed by atoms with Gasteiger partial charge in [-0.1, -0.05) is 19.3 Å². The molecule has 4 nitrogen and oxygen atoms in total. The van der Waals surface area contributed by atoms with Crippen LogP contribution >= 0.6 is 22.7 Å². The Labute approximate surface area is 132 Å². The summed E-state index contributed by atoms with van der Waals surface area (Å²) < 4.78 is 0. The number of aryl methyl sites for hydroxylation is 1. The fourth-order valence-corrected chi connectivity index (χ4v) is 4.26. The SMILES string of the molecule is Cc1ccc(-c2csc(NC(=O)C3(N)CCCCC3)n2)s1. The van der Waals surface area contributed by atoms with Crippen LogP contribution in [0.15, 0.2) is 17.5 Å². The van der Waals surface area contributed by atoms with E-state index in [0.717, 1.165) is 36.3 Å². The quantitative estimate of drug-likeness (QED) is 0.904. The normalized spacial score (nSPS) is 17.6. The van der Waals surface area contributed by atoms with Gasteiger partial charge >= 0.3 is 0 Å². The molecule has 2 heterocycles. The van der Waals surface area contributed by atoms with Crippen LogP contribution in [0.5, 0.6) is 0 Å². The summed E-state index contributed by atoms with van der Waals surface area (Å²) in [4.78, 5) is 19.3. The van der Waals surface area contributed by atoms with Crippen molar-refractivity contribution in [3.05, 3.63) is 22.4 Å². The molecule has 1 amide bonds. The molecule has 21 heavy (non-hydrogen) atoms. The number of carbonyl (C=O) groups is 1. The van der Waals surface area contributed by atoms with Crippen LogP contribution in [-0.4, -0.2) is 16.4 Å². The van der Waals surface area contributed by atoms with Crippen molar-refractivity contribution in [3.63, 3.8) is 0 Å². The number of anilines is 1. The van der Waals surface area contributed by atoms with E-state index in [-0.39, 0.29) is 5.91 Å². The maximum absolute atomic E-state index is 12.4. The molecule has 1 saturated carbocycles. The Morgan fingerprint density at radius 2 is 2.10 bits per heavy atom. The van der Waals surface area contributed by atoms with Gasteiger partial charge in [-0.05, 0) is 31.9 Å². The van der Waals surface area contributed by atoms with Crippen molar-refractivity contribution in [3.8, 4) is 10.6 Å². The van der Waals surface area contributed by atoms with Gasteiger partial charge in [0.2, 0.25) is 5.91 Å². The first-order valence-electron chi connectivity index (χ1n) is 7.19. The maximum Gasteiger partial charge on any atom is 0.246 e. The number of aromatic nitrogens is 1. The molecule has 0 spiro atoms. The number of rotatable bonds is 3. The van der Waals surface area contributed by atoms with Gasteiger partial charge in [-0.3, -0.25) is 4.79 Å². The Kier molecular flexibility index (Phi) is 4.10. The molecule has 6 heteroatoms. The number of hydrogen-bond donors (Lipinski definition) is 2. The smallest absolute Gasteiger partial charge is 0.246 e. The monoisotopic (exact) mass is 321 g/mol. The maximum atomic E-state index is 12.4. The van der Waals surface area contributed by atoms with E-state index >= 15 is 0 Å². The van der Waals surface area contributed by atoms with Crippen LogP contribution in [0, 0.1) is 6.92 Å². The number of carbonyl (C=O) groups excluding carboxylic acids is 1. The first kappa shape index (κ1) is 14.7. The average molecular weight is 321 g/mol. The lowest BCUT2D eigenvalue weighted by molar-refractivity contribution is -0.122. The Morgan fingerprint density at radius 3 is 2.76 bits per heavy atom. The zero-order chi connectivity index (χ0) is 14.9. The third kappa shape index (κ3) is 3.17. The topological polar surface area (TPSA) is 68.0 Å². The van der Waals surface area contributed by atoms with Crippen molar-refractivity contribution in [1.82, 2.24) is 4.98 Å². The zero-order valence-corrected chi connectivity index (χ0v) is 13.6. The Balaban J connectivity index is 1.71. The first-order valence-corrected chi connectivity index (χ1v) is 8.89. The van der Waals surface area contributed by atoms with Gasteiger partial charge in [0.25, 0.3) is 0 Å². The minimum absolute atomic E-state index is 0.0922. The van der Waals surface area contributed by atoms with Crippen LogP contribution in [0.3, 0.4) is 0 Å². The van der Waals surface area contributed by atoms with E-state index in [1.54, 1.807) is 11.3 Å². The predicted molar refractivity (Wildman–Crippen MR) is 88.8 cm³/mol. The Bertz CT molecular complexity index is 641. The lowest BCUT2D eigenvalue weighted by Crippen LogP contribution is -2.52. The molecule has 2 aromatic rings. The molecule has 1 aliphatic carbocycles. The molecule has 3 rings (SSSR count). The number of thiazole rings is 1. The molecule has 0 saturated heterocycles. The predicted octanol–water partition coefficient (Wildman–Crippen LogP) is 3.78. The summed E-state index contributed by atoms with van der Waals surface area (Å²) in [7, 11) is 0. The standard InChI is InChI=1S/C15H19N3OS2/c1-10-5-6-12(21-10)11-9-20-14(17-11)18-13(19)15(16)7-3-2-4-8-15/h5-6,9H,2-4,7-8,16H2,1H3,(H,17,18,19). The van der Waals surface area contributed by atoms with E-state index in [9.17, 15) is 4.79 Å². The van der Waals surface area contributed by atoms with Crippen molar-refractivity contribution >= 4 is 33.7 Å². The van der Waals surface area contributed by atoms with Gasteiger partial charge in [-0.2, -0.15) is 0 Å². The fraction of sp³-hybridized carbons (Fsp3) is 0.467. The second-order valence-electron chi connectivity index (χ2n) is 5.62. The van der Waals surface area contributed by atoms with Crippen LogP contribution in [0.4, 0.5) is 5.13 Å². The van der Waals surface area contributed by atoms with Gasteiger partial charge < -0.3 is 11.1 Å². The third-order valence-corrected chi connectivity index (χ3v) is 5.70.